The van der Waals surface area contributed by atoms with Gasteiger partial charge in [-0.25, -0.2) is 0 Å². The Kier molecular flexibility index (Phi) is 5.35. The first kappa shape index (κ1) is 17.0. The van der Waals surface area contributed by atoms with E-state index in [1.54, 1.807) is 11.1 Å². The molecule has 0 atom stereocenters. The van der Waals surface area contributed by atoms with Gasteiger partial charge in [-0.3, -0.25) is 24.8 Å². The number of hydrogen-bond acceptors (Lipinski definition) is 5. The molecule has 3 rings (SSSR count). The van der Waals surface area contributed by atoms with Crippen LogP contribution in [0.1, 0.15) is 16.1 Å². The number of nitro benzene ring substituents is 1. The van der Waals surface area contributed by atoms with Crippen molar-refractivity contribution in [3.05, 3.63) is 70.0 Å². The van der Waals surface area contributed by atoms with Crippen molar-refractivity contribution in [3.8, 4) is 0 Å². The average molecular weight is 340 g/mol. The van der Waals surface area contributed by atoms with E-state index >= 15 is 0 Å². The topological polar surface area (TPSA) is 79.6 Å². The van der Waals surface area contributed by atoms with Gasteiger partial charge in [0.15, 0.2) is 0 Å². The first-order valence-corrected chi connectivity index (χ1v) is 8.29. The molecule has 25 heavy (non-hydrogen) atoms. The third-order valence-electron chi connectivity index (χ3n) is 4.39. The van der Waals surface area contributed by atoms with Crippen molar-refractivity contribution in [2.24, 2.45) is 0 Å². The first-order valence-electron chi connectivity index (χ1n) is 8.29. The largest absolute Gasteiger partial charge is 0.336 e. The molecule has 1 aromatic carbocycles. The minimum absolute atomic E-state index is 0.00380. The predicted octanol–water partition coefficient (Wildman–Crippen LogP) is 1.99. The summed E-state index contributed by atoms with van der Waals surface area (Å²) in [5, 5.41) is 10.7. The van der Waals surface area contributed by atoms with Gasteiger partial charge in [0.05, 0.1) is 4.92 Å². The Morgan fingerprint density at radius 2 is 1.80 bits per heavy atom. The molecule has 0 spiro atoms. The summed E-state index contributed by atoms with van der Waals surface area (Å²) in [5.41, 5.74) is 1.57. The fourth-order valence-corrected chi connectivity index (χ4v) is 2.90. The molecule has 0 bridgehead atoms. The highest BCUT2D eigenvalue weighted by Crippen LogP contribution is 2.14. The third kappa shape index (κ3) is 4.39. The maximum absolute atomic E-state index is 12.5. The Morgan fingerprint density at radius 3 is 2.40 bits per heavy atom. The van der Waals surface area contributed by atoms with E-state index in [9.17, 15) is 14.9 Å². The number of non-ortho nitro benzene ring substituents is 1. The number of amides is 1. The van der Waals surface area contributed by atoms with Gasteiger partial charge in [0, 0.05) is 68.7 Å². The molecule has 7 nitrogen and oxygen atoms in total. The summed E-state index contributed by atoms with van der Waals surface area (Å²) < 4.78 is 0. The summed E-state index contributed by atoms with van der Waals surface area (Å²) >= 11 is 0. The number of carbonyl (C=O) groups excluding carboxylic acids is 1. The molecule has 1 saturated heterocycles. The Hall–Kier alpha value is -2.80. The zero-order chi connectivity index (χ0) is 17.6. The first-order chi connectivity index (χ1) is 12.1. The zero-order valence-corrected chi connectivity index (χ0v) is 13.9. The monoisotopic (exact) mass is 340 g/mol. The highest BCUT2D eigenvalue weighted by molar-refractivity contribution is 5.94. The lowest BCUT2D eigenvalue weighted by Crippen LogP contribution is -2.49. The number of benzene rings is 1. The highest BCUT2D eigenvalue weighted by Gasteiger charge is 2.22. The van der Waals surface area contributed by atoms with Crippen LogP contribution in [0, 0.1) is 10.1 Å². The number of rotatable bonds is 5. The predicted molar refractivity (Wildman–Crippen MR) is 93.4 cm³/mol. The number of aromatic nitrogens is 1. The number of pyridine rings is 1. The second kappa shape index (κ2) is 7.85. The minimum Gasteiger partial charge on any atom is -0.336 e. The molecule has 2 heterocycles. The molecule has 1 aromatic heterocycles. The third-order valence-corrected chi connectivity index (χ3v) is 4.39. The Morgan fingerprint density at radius 1 is 1.08 bits per heavy atom. The molecule has 0 unspecified atom stereocenters. The maximum atomic E-state index is 12.5. The summed E-state index contributed by atoms with van der Waals surface area (Å²) in [7, 11) is 0. The lowest BCUT2D eigenvalue weighted by Gasteiger charge is -2.34. The summed E-state index contributed by atoms with van der Waals surface area (Å²) in [6, 6.07) is 11.7. The van der Waals surface area contributed by atoms with Crippen molar-refractivity contribution >= 4 is 11.6 Å². The molecule has 1 fully saturated rings. The van der Waals surface area contributed by atoms with E-state index in [0.29, 0.717) is 18.7 Å². The molecule has 0 aliphatic carbocycles. The molecule has 130 valence electrons. The van der Waals surface area contributed by atoms with Crippen LogP contribution < -0.4 is 0 Å². The van der Waals surface area contributed by atoms with E-state index in [2.05, 4.69) is 9.88 Å². The van der Waals surface area contributed by atoms with Crippen molar-refractivity contribution in [3.63, 3.8) is 0 Å². The van der Waals surface area contributed by atoms with Gasteiger partial charge >= 0.3 is 0 Å². The molecule has 7 heteroatoms. The minimum atomic E-state index is -0.464. The van der Waals surface area contributed by atoms with Crippen molar-refractivity contribution in [2.45, 2.75) is 6.42 Å². The number of hydrogen-bond donors (Lipinski definition) is 0. The van der Waals surface area contributed by atoms with E-state index in [0.717, 1.165) is 31.7 Å². The van der Waals surface area contributed by atoms with Gasteiger partial charge in [0.25, 0.3) is 11.6 Å². The second-order valence-electron chi connectivity index (χ2n) is 6.01. The quantitative estimate of drug-likeness (QED) is 0.614. The maximum Gasteiger partial charge on any atom is 0.269 e. The van der Waals surface area contributed by atoms with Gasteiger partial charge in [0.2, 0.25) is 0 Å². The molecule has 0 radical (unpaired) electrons. The second-order valence-corrected chi connectivity index (χ2v) is 6.01. The highest BCUT2D eigenvalue weighted by atomic mass is 16.6. The van der Waals surface area contributed by atoms with E-state index in [1.807, 2.05) is 18.2 Å². The van der Waals surface area contributed by atoms with E-state index in [1.165, 1.54) is 24.3 Å². The van der Waals surface area contributed by atoms with E-state index in [4.69, 9.17) is 0 Å². The van der Waals surface area contributed by atoms with Crippen LogP contribution in [0.4, 0.5) is 5.69 Å². The van der Waals surface area contributed by atoms with E-state index in [-0.39, 0.29) is 11.6 Å². The molecule has 0 N–H and O–H groups in total. The van der Waals surface area contributed by atoms with Crippen LogP contribution in [0.5, 0.6) is 0 Å². The lowest BCUT2D eigenvalue weighted by molar-refractivity contribution is -0.384. The van der Waals surface area contributed by atoms with Crippen LogP contribution >= 0.6 is 0 Å². The van der Waals surface area contributed by atoms with Gasteiger partial charge in [-0.15, -0.1) is 0 Å². The molecule has 1 amide bonds. The molecule has 1 aliphatic rings. The smallest absolute Gasteiger partial charge is 0.269 e. The van der Waals surface area contributed by atoms with Gasteiger partial charge < -0.3 is 4.90 Å². The number of nitro groups is 1. The average Bonchev–Trinajstić information content (AvgIpc) is 2.67. The molecule has 2 aromatic rings. The molecule has 0 saturated carbocycles. The Labute approximate surface area is 146 Å². The number of nitrogens with zero attached hydrogens (tertiary/aromatic N) is 4. The van der Waals surface area contributed by atoms with Gasteiger partial charge in [-0.2, -0.15) is 0 Å². The van der Waals surface area contributed by atoms with Crippen LogP contribution in [0.2, 0.25) is 0 Å². The van der Waals surface area contributed by atoms with Gasteiger partial charge in [0.1, 0.15) is 0 Å². The van der Waals surface area contributed by atoms with Crippen molar-refractivity contribution in [1.29, 1.82) is 0 Å². The summed E-state index contributed by atoms with van der Waals surface area (Å²) in [6.45, 7) is 3.91. The van der Waals surface area contributed by atoms with E-state index < -0.39 is 4.92 Å². The fourth-order valence-electron chi connectivity index (χ4n) is 2.90. The Bertz CT molecular complexity index is 726. The van der Waals surface area contributed by atoms with Crippen molar-refractivity contribution < 1.29 is 9.72 Å². The van der Waals surface area contributed by atoms with Crippen LogP contribution in [0.25, 0.3) is 0 Å². The van der Waals surface area contributed by atoms with Gasteiger partial charge in [-0.1, -0.05) is 6.07 Å². The van der Waals surface area contributed by atoms with Crippen LogP contribution in [0.3, 0.4) is 0 Å². The van der Waals surface area contributed by atoms with Gasteiger partial charge in [-0.05, 0) is 24.3 Å². The van der Waals surface area contributed by atoms with Crippen LogP contribution in [-0.2, 0) is 6.42 Å². The summed E-state index contributed by atoms with van der Waals surface area (Å²) in [6.07, 6.45) is 2.70. The zero-order valence-electron chi connectivity index (χ0n) is 13.9. The van der Waals surface area contributed by atoms with Crippen LogP contribution in [-0.4, -0.2) is 58.3 Å². The van der Waals surface area contributed by atoms with Crippen LogP contribution in [0.15, 0.2) is 48.7 Å². The summed E-state index contributed by atoms with van der Waals surface area (Å²) in [4.78, 5) is 31.2. The SMILES string of the molecule is O=C(c1ccc([N+](=O)[O-])cc1)N1CCN(CCc2ccccn2)CC1. The molecule has 1 aliphatic heterocycles. The molecular weight excluding hydrogens is 320 g/mol. The normalized spacial score (nSPS) is 15.1. The number of carbonyl (C=O) groups is 1. The lowest BCUT2D eigenvalue weighted by atomic mass is 10.1. The fraction of sp³-hybridized carbons (Fsp3) is 0.333. The standard InChI is InChI=1S/C18H20N4O3/c23-18(15-4-6-17(7-5-15)22(24)25)21-13-11-20(12-14-21)10-8-16-3-1-2-9-19-16/h1-7,9H,8,10-14H2. The van der Waals surface area contributed by atoms with Crippen molar-refractivity contribution in [2.75, 3.05) is 32.7 Å². The van der Waals surface area contributed by atoms with Crippen molar-refractivity contribution in [1.82, 2.24) is 14.8 Å². The number of piperazine rings is 1. The molecular formula is C18H20N4O3. The Balaban J connectivity index is 1.49. The summed E-state index contributed by atoms with van der Waals surface area (Å²) in [5.74, 6) is -0.0701.